The van der Waals surface area contributed by atoms with Gasteiger partial charge in [0.1, 0.15) is 12.2 Å². The van der Waals surface area contributed by atoms with Crippen molar-refractivity contribution in [2.45, 2.75) is 31.5 Å². The smallest absolute Gasteiger partial charge is 0.244 e. The highest BCUT2D eigenvalue weighted by atomic mass is 16.6. The highest BCUT2D eigenvalue weighted by molar-refractivity contribution is 5.77. The fourth-order valence-electron chi connectivity index (χ4n) is 2.16. The van der Waals surface area contributed by atoms with Crippen LogP contribution in [0.25, 0.3) is 11.2 Å². The summed E-state index contributed by atoms with van der Waals surface area (Å²) in [6.07, 6.45) is -2.15. The Morgan fingerprint density at radius 1 is 1.32 bits per heavy atom. The number of anilines is 1. The molecule has 0 bridgehead atoms. The number of aromatic hydroxyl groups is 1. The van der Waals surface area contributed by atoms with Gasteiger partial charge in [-0.15, -0.1) is 0 Å². The Hall–Kier alpha value is -1.97. The molecule has 0 aromatic carbocycles. The number of imidazole rings is 1. The summed E-state index contributed by atoms with van der Waals surface area (Å²) < 4.78 is 6.87. The quantitative estimate of drug-likeness (QED) is 0.502. The van der Waals surface area contributed by atoms with E-state index in [2.05, 4.69) is 15.0 Å². The first-order chi connectivity index (χ1) is 8.99. The van der Waals surface area contributed by atoms with Crippen LogP contribution in [0.2, 0.25) is 0 Å². The van der Waals surface area contributed by atoms with E-state index < -0.39 is 24.5 Å². The topological polar surface area (TPSA) is 140 Å². The number of hydrogen-bond acceptors (Lipinski definition) is 8. The highest BCUT2D eigenvalue weighted by Gasteiger charge is 2.42. The molecule has 9 nitrogen and oxygen atoms in total. The van der Waals surface area contributed by atoms with Gasteiger partial charge < -0.3 is 25.8 Å². The number of hydrogen-bond donors (Lipinski definition) is 4. The van der Waals surface area contributed by atoms with Gasteiger partial charge in [-0.1, -0.05) is 0 Å². The molecule has 5 N–H and O–H groups in total. The van der Waals surface area contributed by atoms with E-state index in [0.29, 0.717) is 0 Å². The van der Waals surface area contributed by atoms with Gasteiger partial charge in [0, 0.05) is 0 Å². The summed E-state index contributed by atoms with van der Waals surface area (Å²) in [6, 6.07) is 0. The predicted octanol–water partition coefficient (Wildman–Crippen LogP) is -1.25. The summed E-state index contributed by atoms with van der Waals surface area (Å²) >= 11 is 0. The van der Waals surface area contributed by atoms with Gasteiger partial charge in [0.05, 0.1) is 12.4 Å². The third-order valence-electron chi connectivity index (χ3n) is 3.17. The van der Waals surface area contributed by atoms with Gasteiger partial charge in [-0.05, 0) is 6.92 Å². The molecular weight excluding hydrogens is 254 g/mol. The van der Waals surface area contributed by atoms with Gasteiger partial charge in [0.25, 0.3) is 0 Å². The zero-order valence-corrected chi connectivity index (χ0v) is 10.0. The Kier molecular flexibility index (Phi) is 2.55. The average Bonchev–Trinajstić information content (AvgIpc) is 2.86. The lowest BCUT2D eigenvalue weighted by Gasteiger charge is -2.16. The van der Waals surface area contributed by atoms with Crippen LogP contribution < -0.4 is 5.73 Å². The molecule has 3 rings (SSSR count). The molecule has 0 saturated carbocycles. The molecule has 4 unspecified atom stereocenters. The molecule has 1 saturated heterocycles. The fourth-order valence-corrected chi connectivity index (χ4v) is 2.16. The van der Waals surface area contributed by atoms with Gasteiger partial charge in [-0.3, -0.25) is 4.57 Å². The van der Waals surface area contributed by atoms with Crippen LogP contribution >= 0.6 is 0 Å². The van der Waals surface area contributed by atoms with Crippen molar-refractivity contribution in [2.75, 3.05) is 5.73 Å². The van der Waals surface area contributed by atoms with E-state index in [9.17, 15) is 15.3 Å². The number of ether oxygens (including phenoxy) is 1. The van der Waals surface area contributed by atoms with Crippen molar-refractivity contribution in [1.29, 1.82) is 0 Å². The van der Waals surface area contributed by atoms with Crippen molar-refractivity contribution in [3.05, 3.63) is 6.33 Å². The Bertz CT molecular complexity index is 630. The van der Waals surface area contributed by atoms with Crippen molar-refractivity contribution >= 4 is 17.1 Å². The van der Waals surface area contributed by atoms with Crippen molar-refractivity contribution < 1.29 is 20.1 Å². The SMILES string of the molecule is CC1OC(n2cnc3c(O)nc(N)nc32)C(O)C1O. The van der Waals surface area contributed by atoms with Crippen LogP contribution in [0.4, 0.5) is 5.95 Å². The van der Waals surface area contributed by atoms with Crippen LogP contribution in [0.5, 0.6) is 5.88 Å². The second-order valence-corrected chi connectivity index (χ2v) is 4.44. The normalized spacial score (nSPS) is 31.1. The summed E-state index contributed by atoms with van der Waals surface area (Å²) in [5, 5.41) is 29.3. The van der Waals surface area contributed by atoms with Crippen molar-refractivity contribution in [2.24, 2.45) is 0 Å². The second kappa shape index (κ2) is 4.02. The van der Waals surface area contributed by atoms with Crippen molar-refractivity contribution in [1.82, 2.24) is 19.5 Å². The number of aromatic nitrogens is 4. The molecular formula is C10H13N5O4. The van der Waals surface area contributed by atoms with E-state index in [-0.39, 0.29) is 23.0 Å². The number of nitrogens with two attached hydrogens (primary N) is 1. The Balaban J connectivity index is 2.11. The van der Waals surface area contributed by atoms with Crippen LogP contribution in [0.15, 0.2) is 6.33 Å². The summed E-state index contributed by atoms with van der Waals surface area (Å²) in [5.74, 6) is -0.463. The molecule has 9 heteroatoms. The molecule has 0 amide bonds. The predicted molar refractivity (Wildman–Crippen MR) is 63.0 cm³/mol. The average molecular weight is 267 g/mol. The molecule has 0 radical (unpaired) electrons. The lowest BCUT2D eigenvalue weighted by Crippen LogP contribution is -2.30. The number of rotatable bonds is 1. The van der Waals surface area contributed by atoms with Gasteiger partial charge in [-0.2, -0.15) is 9.97 Å². The first-order valence-corrected chi connectivity index (χ1v) is 5.69. The Morgan fingerprint density at radius 3 is 2.68 bits per heavy atom. The lowest BCUT2D eigenvalue weighted by atomic mass is 10.1. The van der Waals surface area contributed by atoms with Crippen LogP contribution in [0, 0.1) is 0 Å². The molecule has 1 aliphatic rings. The van der Waals surface area contributed by atoms with E-state index in [0.717, 1.165) is 0 Å². The Labute approximate surface area is 107 Å². The molecule has 2 aromatic rings. The number of nitrogen functional groups attached to an aromatic ring is 1. The van der Waals surface area contributed by atoms with Gasteiger partial charge >= 0.3 is 0 Å². The molecule has 4 atom stereocenters. The highest BCUT2D eigenvalue weighted by Crippen LogP contribution is 2.32. The van der Waals surface area contributed by atoms with Gasteiger partial charge in [0.15, 0.2) is 17.4 Å². The second-order valence-electron chi connectivity index (χ2n) is 4.44. The molecule has 0 aliphatic carbocycles. The van der Waals surface area contributed by atoms with E-state index in [1.165, 1.54) is 10.9 Å². The number of aliphatic hydroxyl groups is 2. The first-order valence-electron chi connectivity index (χ1n) is 5.69. The zero-order valence-electron chi connectivity index (χ0n) is 10.0. The minimum atomic E-state index is -1.12. The van der Waals surface area contributed by atoms with E-state index >= 15 is 0 Å². The zero-order chi connectivity index (χ0) is 13.7. The van der Waals surface area contributed by atoms with Crippen molar-refractivity contribution in [3.63, 3.8) is 0 Å². The minimum absolute atomic E-state index is 0.118. The number of fused-ring (bicyclic) bond motifs is 1. The standard InChI is InChI=1S/C10H13N5O4/c1-3-5(16)6(17)9(19-3)15-2-12-4-7(15)13-10(11)14-8(4)18/h2-3,5-6,9,16-17H,1H3,(H3,11,13,14,18). The maximum atomic E-state index is 9.94. The maximum absolute atomic E-state index is 9.94. The van der Waals surface area contributed by atoms with Crippen LogP contribution in [-0.4, -0.2) is 53.2 Å². The summed E-state index contributed by atoms with van der Waals surface area (Å²) in [4.78, 5) is 11.5. The van der Waals surface area contributed by atoms with E-state index in [1.54, 1.807) is 6.92 Å². The fraction of sp³-hybridized carbons (Fsp3) is 0.500. The van der Waals surface area contributed by atoms with Gasteiger partial charge in [-0.25, -0.2) is 4.98 Å². The lowest BCUT2D eigenvalue weighted by molar-refractivity contribution is -0.0299. The largest absolute Gasteiger partial charge is 0.492 e. The molecule has 3 heterocycles. The summed E-state index contributed by atoms with van der Waals surface area (Å²) in [6.45, 7) is 1.65. The monoisotopic (exact) mass is 267 g/mol. The van der Waals surface area contributed by atoms with Crippen LogP contribution in [0.3, 0.4) is 0 Å². The van der Waals surface area contributed by atoms with Crippen LogP contribution in [-0.2, 0) is 4.74 Å². The third kappa shape index (κ3) is 1.70. The number of nitrogens with zero attached hydrogens (tertiary/aromatic N) is 4. The maximum Gasteiger partial charge on any atom is 0.244 e. The first kappa shape index (κ1) is 12.1. The number of aliphatic hydroxyl groups excluding tert-OH is 2. The molecule has 0 spiro atoms. The molecule has 19 heavy (non-hydrogen) atoms. The molecule has 102 valence electrons. The van der Waals surface area contributed by atoms with Gasteiger partial charge in [0.2, 0.25) is 11.8 Å². The third-order valence-corrected chi connectivity index (χ3v) is 3.17. The summed E-state index contributed by atoms with van der Waals surface area (Å²) in [5.41, 5.74) is 5.85. The van der Waals surface area contributed by atoms with Crippen LogP contribution in [0.1, 0.15) is 13.2 Å². The minimum Gasteiger partial charge on any atom is -0.492 e. The Morgan fingerprint density at radius 2 is 2.05 bits per heavy atom. The molecule has 1 fully saturated rings. The molecule has 1 aliphatic heterocycles. The summed E-state index contributed by atoms with van der Waals surface area (Å²) in [7, 11) is 0. The van der Waals surface area contributed by atoms with Crippen molar-refractivity contribution in [3.8, 4) is 5.88 Å². The van der Waals surface area contributed by atoms with E-state index in [1.807, 2.05) is 0 Å². The van der Waals surface area contributed by atoms with E-state index in [4.69, 9.17) is 10.5 Å². The molecule has 2 aromatic heterocycles.